The third kappa shape index (κ3) is 4.61. The Morgan fingerprint density at radius 1 is 1.29 bits per heavy atom. The van der Waals surface area contributed by atoms with Crippen LogP contribution in [0.1, 0.15) is 20.8 Å². The van der Waals surface area contributed by atoms with Crippen LogP contribution in [0.4, 0.5) is 0 Å². The van der Waals surface area contributed by atoms with Crippen LogP contribution in [0.5, 0.6) is 0 Å². The molecule has 0 saturated carbocycles. The number of carbonyl (C=O) groups is 2. The van der Waals surface area contributed by atoms with E-state index in [0.717, 1.165) is 0 Å². The van der Waals surface area contributed by atoms with Crippen molar-refractivity contribution >= 4 is 11.9 Å². The van der Waals surface area contributed by atoms with Gasteiger partial charge < -0.3 is 9.47 Å². The molecule has 0 aromatic carbocycles. The molecular formula is C9H15NO4. The average molecular weight is 201 g/mol. The van der Waals surface area contributed by atoms with E-state index in [1.165, 1.54) is 0 Å². The zero-order valence-corrected chi connectivity index (χ0v) is 8.62. The Morgan fingerprint density at radius 3 is 2.14 bits per heavy atom. The highest BCUT2D eigenvalue weighted by Crippen LogP contribution is 2.10. The Kier molecular flexibility index (Phi) is 4.30. The van der Waals surface area contributed by atoms with Gasteiger partial charge in [0.05, 0.1) is 0 Å². The van der Waals surface area contributed by atoms with Crippen molar-refractivity contribution < 1.29 is 19.1 Å². The van der Waals surface area contributed by atoms with Gasteiger partial charge in [0.15, 0.2) is 0 Å². The second-order valence-corrected chi connectivity index (χ2v) is 3.58. The van der Waals surface area contributed by atoms with Crippen molar-refractivity contribution in [3.63, 3.8) is 0 Å². The Hall–Kier alpha value is -1.36. The summed E-state index contributed by atoms with van der Waals surface area (Å²) in [5, 5.41) is 0. The molecule has 0 saturated heterocycles. The molecule has 0 aliphatic rings. The SMILES string of the molecule is C=C(C(=O)OCN)C(=O)OC(C)(C)C. The first kappa shape index (κ1) is 12.6. The van der Waals surface area contributed by atoms with E-state index in [1.807, 2.05) is 0 Å². The number of carbonyl (C=O) groups excluding carboxylic acids is 2. The molecule has 0 heterocycles. The van der Waals surface area contributed by atoms with E-state index in [1.54, 1.807) is 20.8 Å². The lowest BCUT2D eigenvalue weighted by molar-refractivity contribution is -0.154. The third-order valence-corrected chi connectivity index (χ3v) is 1.11. The maximum Gasteiger partial charge on any atom is 0.346 e. The Morgan fingerprint density at radius 2 is 1.79 bits per heavy atom. The fourth-order valence-corrected chi connectivity index (χ4v) is 0.586. The minimum absolute atomic E-state index is 0.291. The maximum absolute atomic E-state index is 11.2. The molecule has 0 unspecified atom stereocenters. The van der Waals surface area contributed by atoms with Crippen LogP contribution in [-0.4, -0.2) is 24.3 Å². The van der Waals surface area contributed by atoms with Crippen LogP contribution in [0.15, 0.2) is 12.2 Å². The first-order chi connectivity index (χ1) is 6.28. The van der Waals surface area contributed by atoms with Crippen LogP contribution >= 0.6 is 0 Å². The van der Waals surface area contributed by atoms with Crippen LogP contribution < -0.4 is 5.73 Å². The molecule has 5 heteroatoms. The lowest BCUT2D eigenvalue weighted by Crippen LogP contribution is -2.28. The largest absolute Gasteiger partial charge is 0.456 e. The van der Waals surface area contributed by atoms with Gasteiger partial charge in [-0.2, -0.15) is 0 Å². The molecule has 0 rings (SSSR count). The molecular weight excluding hydrogens is 186 g/mol. The van der Waals surface area contributed by atoms with Crippen LogP contribution in [0.2, 0.25) is 0 Å². The summed E-state index contributed by atoms with van der Waals surface area (Å²) in [6, 6.07) is 0. The van der Waals surface area contributed by atoms with Gasteiger partial charge in [0.1, 0.15) is 17.9 Å². The van der Waals surface area contributed by atoms with Crippen molar-refractivity contribution in [2.24, 2.45) is 5.73 Å². The normalized spacial score (nSPS) is 10.6. The molecule has 0 radical (unpaired) electrons. The standard InChI is InChI=1S/C9H15NO4/c1-6(7(11)13-5-10)8(12)14-9(2,3)4/h1,5,10H2,2-4H3. The molecule has 0 spiro atoms. The monoisotopic (exact) mass is 201 g/mol. The van der Waals surface area contributed by atoms with Gasteiger partial charge in [-0.15, -0.1) is 0 Å². The fraction of sp³-hybridized carbons (Fsp3) is 0.556. The Labute approximate surface area is 82.9 Å². The summed E-state index contributed by atoms with van der Waals surface area (Å²) in [5.74, 6) is -1.65. The molecule has 2 N–H and O–H groups in total. The van der Waals surface area contributed by atoms with Crippen LogP contribution in [0, 0.1) is 0 Å². The molecule has 0 fully saturated rings. The highest BCUT2D eigenvalue weighted by atomic mass is 16.6. The highest BCUT2D eigenvalue weighted by molar-refractivity contribution is 6.13. The first-order valence-electron chi connectivity index (χ1n) is 4.07. The Balaban J connectivity index is 4.27. The molecule has 0 atom stereocenters. The highest BCUT2D eigenvalue weighted by Gasteiger charge is 2.23. The van der Waals surface area contributed by atoms with Gasteiger partial charge in [-0.1, -0.05) is 6.58 Å². The maximum atomic E-state index is 11.2. The van der Waals surface area contributed by atoms with E-state index < -0.39 is 17.5 Å². The summed E-state index contributed by atoms with van der Waals surface area (Å²) in [4.78, 5) is 22.2. The van der Waals surface area contributed by atoms with E-state index in [9.17, 15) is 9.59 Å². The van der Waals surface area contributed by atoms with Crippen molar-refractivity contribution in [2.75, 3.05) is 6.73 Å². The van der Waals surface area contributed by atoms with Gasteiger partial charge in [-0.25, -0.2) is 9.59 Å². The summed E-state index contributed by atoms with van der Waals surface area (Å²) in [5.41, 5.74) is 3.94. The topological polar surface area (TPSA) is 78.6 Å². The molecule has 0 aliphatic heterocycles. The van der Waals surface area contributed by atoms with Crippen molar-refractivity contribution in [3.8, 4) is 0 Å². The number of rotatable bonds is 3. The quantitative estimate of drug-likeness (QED) is 0.234. The predicted molar refractivity (Wildman–Crippen MR) is 50.1 cm³/mol. The first-order valence-corrected chi connectivity index (χ1v) is 4.07. The van der Waals surface area contributed by atoms with Crippen molar-refractivity contribution in [3.05, 3.63) is 12.2 Å². The van der Waals surface area contributed by atoms with E-state index in [4.69, 9.17) is 10.5 Å². The minimum Gasteiger partial charge on any atom is -0.456 e. The smallest absolute Gasteiger partial charge is 0.346 e. The van der Waals surface area contributed by atoms with Crippen LogP contribution in [0.3, 0.4) is 0 Å². The van der Waals surface area contributed by atoms with Crippen LogP contribution in [0.25, 0.3) is 0 Å². The summed E-state index contributed by atoms with van der Waals surface area (Å²) >= 11 is 0. The summed E-state index contributed by atoms with van der Waals surface area (Å²) < 4.78 is 9.26. The van der Waals surface area contributed by atoms with E-state index >= 15 is 0 Å². The molecule has 80 valence electrons. The van der Waals surface area contributed by atoms with Gasteiger partial charge in [0.2, 0.25) is 0 Å². The fourth-order valence-electron chi connectivity index (χ4n) is 0.586. The molecule has 14 heavy (non-hydrogen) atoms. The molecule has 0 aromatic heterocycles. The lowest BCUT2D eigenvalue weighted by atomic mass is 10.2. The third-order valence-electron chi connectivity index (χ3n) is 1.11. The predicted octanol–water partition coefficient (Wildman–Crippen LogP) is 0.344. The average Bonchev–Trinajstić information content (AvgIpc) is 2.00. The van der Waals surface area contributed by atoms with E-state index in [2.05, 4.69) is 11.3 Å². The number of ether oxygens (including phenoxy) is 2. The summed E-state index contributed by atoms with van der Waals surface area (Å²) in [7, 11) is 0. The molecule has 0 amide bonds. The van der Waals surface area contributed by atoms with Gasteiger partial charge in [-0.05, 0) is 20.8 Å². The molecule has 0 aliphatic carbocycles. The number of esters is 2. The van der Waals surface area contributed by atoms with Gasteiger partial charge in [0.25, 0.3) is 0 Å². The number of hydrogen-bond donors (Lipinski definition) is 1. The van der Waals surface area contributed by atoms with Gasteiger partial charge in [0, 0.05) is 0 Å². The van der Waals surface area contributed by atoms with Crippen molar-refractivity contribution in [1.29, 1.82) is 0 Å². The van der Waals surface area contributed by atoms with E-state index in [0.29, 0.717) is 0 Å². The zero-order chi connectivity index (χ0) is 11.4. The minimum atomic E-state index is -0.859. The number of hydrogen-bond acceptors (Lipinski definition) is 5. The summed E-state index contributed by atoms with van der Waals surface area (Å²) in [6.45, 7) is 8.02. The van der Waals surface area contributed by atoms with Gasteiger partial charge >= 0.3 is 11.9 Å². The van der Waals surface area contributed by atoms with Crippen molar-refractivity contribution in [1.82, 2.24) is 0 Å². The molecule has 5 nitrogen and oxygen atoms in total. The van der Waals surface area contributed by atoms with Gasteiger partial charge in [-0.3, -0.25) is 5.73 Å². The second-order valence-electron chi connectivity index (χ2n) is 3.58. The Bertz CT molecular complexity index is 252. The second kappa shape index (κ2) is 4.76. The summed E-state index contributed by atoms with van der Waals surface area (Å²) in [6.07, 6.45) is 0. The lowest BCUT2D eigenvalue weighted by Gasteiger charge is -2.19. The molecule has 0 aromatic rings. The molecule has 0 bridgehead atoms. The van der Waals surface area contributed by atoms with Crippen molar-refractivity contribution in [2.45, 2.75) is 26.4 Å². The van der Waals surface area contributed by atoms with E-state index in [-0.39, 0.29) is 12.3 Å². The zero-order valence-electron chi connectivity index (χ0n) is 8.62. The van der Waals surface area contributed by atoms with Crippen LogP contribution in [-0.2, 0) is 19.1 Å². The number of nitrogens with two attached hydrogens (primary N) is 1.